The van der Waals surface area contributed by atoms with Gasteiger partial charge in [-0.1, -0.05) is 42.5 Å². The molecule has 126 valence electrons. The topological polar surface area (TPSA) is 80.3 Å². The van der Waals surface area contributed by atoms with Gasteiger partial charge in [0.1, 0.15) is 0 Å². The lowest BCUT2D eigenvalue weighted by atomic mass is 10.1. The molecule has 0 aromatic heterocycles. The quantitative estimate of drug-likeness (QED) is 0.731. The minimum atomic E-state index is -4.01. The smallest absolute Gasteiger partial charge is 0.265 e. The van der Waals surface area contributed by atoms with Gasteiger partial charge in [0.05, 0.1) is 4.90 Å². The molecule has 0 saturated carbocycles. The molecule has 5 nitrogen and oxygen atoms in total. The molecule has 0 heterocycles. The van der Waals surface area contributed by atoms with Crippen LogP contribution >= 0.6 is 0 Å². The molecule has 3 aromatic carbocycles. The second-order valence-corrected chi connectivity index (χ2v) is 7.26. The molecule has 0 saturated heterocycles. The fourth-order valence-electron chi connectivity index (χ4n) is 2.44. The zero-order valence-electron chi connectivity index (χ0n) is 13.4. The molecule has 1 amide bonds. The van der Waals surface area contributed by atoms with E-state index in [0.717, 1.165) is 10.8 Å². The Morgan fingerprint density at radius 1 is 0.800 bits per heavy atom. The number of ketones is 1. The van der Waals surface area contributed by atoms with Gasteiger partial charge < -0.3 is 0 Å². The first-order valence-corrected chi connectivity index (χ1v) is 9.02. The van der Waals surface area contributed by atoms with Crippen molar-refractivity contribution in [3.05, 3.63) is 77.9 Å². The number of carbonyl (C=O) groups is 2. The summed E-state index contributed by atoms with van der Waals surface area (Å²) in [6.07, 6.45) is 0. The predicted octanol–water partition coefficient (Wildman–Crippen LogP) is 3.16. The van der Waals surface area contributed by atoms with E-state index >= 15 is 0 Å². The summed E-state index contributed by atoms with van der Waals surface area (Å²) in [4.78, 5) is 23.5. The summed E-state index contributed by atoms with van der Waals surface area (Å²) in [5.41, 5.74) is 0.655. The summed E-state index contributed by atoms with van der Waals surface area (Å²) in [6.45, 7) is 1.39. The van der Waals surface area contributed by atoms with E-state index in [0.29, 0.717) is 5.56 Å². The standard InChI is InChI=1S/C19H15NO4S/c1-13(21)14-8-10-18(11-9-14)25(23,24)20-19(22)17-7-6-15-4-2-3-5-16(15)12-17/h2-12H,1H3,(H,20,22). The third kappa shape index (κ3) is 3.59. The van der Waals surface area contributed by atoms with Crippen molar-refractivity contribution in [2.24, 2.45) is 0 Å². The predicted molar refractivity (Wildman–Crippen MR) is 95.0 cm³/mol. The third-order valence-electron chi connectivity index (χ3n) is 3.81. The molecule has 0 aliphatic heterocycles. The van der Waals surface area contributed by atoms with Gasteiger partial charge in [-0.2, -0.15) is 0 Å². The van der Waals surface area contributed by atoms with Crippen molar-refractivity contribution in [2.75, 3.05) is 0 Å². The van der Waals surface area contributed by atoms with Gasteiger partial charge in [0.15, 0.2) is 5.78 Å². The highest BCUT2D eigenvalue weighted by Gasteiger charge is 2.19. The van der Waals surface area contributed by atoms with E-state index in [9.17, 15) is 18.0 Å². The Hall–Kier alpha value is -2.99. The number of hydrogen-bond acceptors (Lipinski definition) is 4. The largest absolute Gasteiger partial charge is 0.295 e. The first-order chi connectivity index (χ1) is 11.9. The number of nitrogens with one attached hydrogen (secondary N) is 1. The maximum Gasteiger partial charge on any atom is 0.265 e. The second-order valence-electron chi connectivity index (χ2n) is 5.58. The SMILES string of the molecule is CC(=O)c1ccc(S(=O)(=O)NC(=O)c2ccc3ccccc3c2)cc1. The molecule has 0 radical (unpaired) electrons. The molecule has 0 unspecified atom stereocenters. The van der Waals surface area contributed by atoms with Crippen molar-refractivity contribution in [3.63, 3.8) is 0 Å². The molecule has 3 rings (SSSR count). The first kappa shape index (κ1) is 16.9. The molecule has 0 spiro atoms. The number of sulfonamides is 1. The summed E-state index contributed by atoms with van der Waals surface area (Å²) < 4.78 is 26.7. The zero-order valence-corrected chi connectivity index (χ0v) is 14.2. The summed E-state index contributed by atoms with van der Waals surface area (Å²) >= 11 is 0. The monoisotopic (exact) mass is 353 g/mol. The van der Waals surface area contributed by atoms with Crippen molar-refractivity contribution in [1.82, 2.24) is 4.72 Å². The molecular formula is C19H15NO4S. The van der Waals surface area contributed by atoms with Crippen LogP contribution in [0.4, 0.5) is 0 Å². The Kier molecular flexibility index (Phi) is 4.37. The molecule has 0 bridgehead atoms. The van der Waals surface area contributed by atoms with E-state index < -0.39 is 15.9 Å². The third-order valence-corrected chi connectivity index (χ3v) is 5.16. The van der Waals surface area contributed by atoms with E-state index in [4.69, 9.17) is 0 Å². The van der Waals surface area contributed by atoms with Gasteiger partial charge in [0.2, 0.25) is 0 Å². The van der Waals surface area contributed by atoms with Crippen LogP contribution in [0, 0.1) is 0 Å². The fourth-order valence-corrected chi connectivity index (χ4v) is 3.41. The number of Topliss-reactive ketones (excluding diaryl/α,β-unsaturated/α-hetero) is 1. The average Bonchev–Trinajstić information content (AvgIpc) is 2.61. The van der Waals surface area contributed by atoms with E-state index in [2.05, 4.69) is 4.72 Å². The van der Waals surface area contributed by atoms with Crippen molar-refractivity contribution in [1.29, 1.82) is 0 Å². The Morgan fingerprint density at radius 2 is 1.40 bits per heavy atom. The van der Waals surface area contributed by atoms with Gasteiger partial charge in [-0.05, 0) is 42.0 Å². The van der Waals surface area contributed by atoms with E-state index in [1.54, 1.807) is 18.2 Å². The van der Waals surface area contributed by atoms with Gasteiger partial charge in [0.25, 0.3) is 15.9 Å². The van der Waals surface area contributed by atoms with Crippen LogP contribution in [0.25, 0.3) is 10.8 Å². The summed E-state index contributed by atoms with van der Waals surface area (Å²) in [5.74, 6) is -0.870. The van der Waals surface area contributed by atoms with Crippen LogP contribution < -0.4 is 4.72 Å². The number of hydrogen-bond donors (Lipinski definition) is 1. The zero-order chi connectivity index (χ0) is 18.0. The number of rotatable bonds is 4. The molecule has 0 aliphatic rings. The Bertz CT molecular complexity index is 1070. The lowest BCUT2D eigenvalue weighted by Crippen LogP contribution is -2.30. The Labute approximate surface area is 145 Å². The Morgan fingerprint density at radius 3 is 2.04 bits per heavy atom. The maximum absolute atomic E-state index is 12.3. The highest BCUT2D eigenvalue weighted by Crippen LogP contribution is 2.17. The second kappa shape index (κ2) is 6.49. The number of amides is 1. The minimum absolute atomic E-state index is 0.0772. The average molecular weight is 353 g/mol. The van der Waals surface area contributed by atoms with Crippen molar-refractivity contribution >= 4 is 32.5 Å². The van der Waals surface area contributed by atoms with Gasteiger partial charge in [0, 0.05) is 11.1 Å². The highest BCUT2D eigenvalue weighted by atomic mass is 32.2. The molecular weight excluding hydrogens is 338 g/mol. The normalized spacial score (nSPS) is 11.2. The van der Waals surface area contributed by atoms with Gasteiger partial charge >= 0.3 is 0 Å². The number of fused-ring (bicyclic) bond motifs is 1. The van der Waals surface area contributed by atoms with Crippen LogP contribution in [-0.4, -0.2) is 20.1 Å². The summed E-state index contributed by atoms with van der Waals surface area (Å²) in [6, 6.07) is 17.9. The van der Waals surface area contributed by atoms with Crippen LogP contribution in [0.5, 0.6) is 0 Å². The van der Waals surface area contributed by atoms with Crippen LogP contribution in [0.15, 0.2) is 71.6 Å². The summed E-state index contributed by atoms with van der Waals surface area (Å²) in [5, 5.41) is 1.81. The Balaban J connectivity index is 1.86. The maximum atomic E-state index is 12.3. The lowest BCUT2D eigenvalue weighted by Gasteiger charge is -2.08. The van der Waals surface area contributed by atoms with Gasteiger partial charge in [-0.3, -0.25) is 9.59 Å². The molecule has 6 heteroatoms. The first-order valence-electron chi connectivity index (χ1n) is 7.54. The van der Waals surface area contributed by atoms with Crippen LogP contribution in [-0.2, 0) is 10.0 Å². The van der Waals surface area contributed by atoms with Gasteiger partial charge in [-0.15, -0.1) is 0 Å². The molecule has 1 N–H and O–H groups in total. The highest BCUT2D eigenvalue weighted by molar-refractivity contribution is 7.90. The summed E-state index contributed by atoms with van der Waals surface area (Å²) in [7, 11) is -4.01. The molecule has 0 atom stereocenters. The number of benzene rings is 3. The minimum Gasteiger partial charge on any atom is -0.295 e. The molecule has 3 aromatic rings. The van der Waals surface area contributed by atoms with Crippen LogP contribution in [0.1, 0.15) is 27.6 Å². The van der Waals surface area contributed by atoms with Crippen LogP contribution in [0.2, 0.25) is 0 Å². The lowest BCUT2D eigenvalue weighted by molar-refractivity contribution is 0.0979. The molecule has 0 aliphatic carbocycles. The van der Waals surface area contributed by atoms with Crippen molar-refractivity contribution in [2.45, 2.75) is 11.8 Å². The molecule has 25 heavy (non-hydrogen) atoms. The van der Waals surface area contributed by atoms with E-state index in [-0.39, 0.29) is 16.2 Å². The van der Waals surface area contributed by atoms with Gasteiger partial charge in [-0.25, -0.2) is 13.1 Å². The fraction of sp³-hybridized carbons (Fsp3) is 0.0526. The molecule has 0 fully saturated rings. The van der Waals surface area contributed by atoms with E-state index in [1.807, 2.05) is 24.3 Å². The van der Waals surface area contributed by atoms with E-state index in [1.165, 1.54) is 31.2 Å². The van der Waals surface area contributed by atoms with Crippen LogP contribution in [0.3, 0.4) is 0 Å². The van der Waals surface area contributed by atoms with Crippen molar-refractivity contribution < 1.29 is 18.0 Å². The van der Waals surface area contributed by atoms with Crippen molar-refractivity contribution in [3.8, 4) is 0 Å². The number of carbonyl (C=O) groups excluding carboxylic acids is 2.